The van der Waals surface area contributed by atoms with Gasteiger partial charge in [0.2, 0.25) is 11.7 Å². The number of carbonyl (C=O) groups is 1. The van der Waals surface area contributed by atoms with Crippen LogP contribution in [-0.4, -0.2) is 69.0 Å². The highest BCUT2D eigenvalue weighted by atomic mass is 16.7. The van der Waals surface area contributed by atoms with E-state index in [9.17, 15) is 10.2 Å². The minimum atomic E-state index is -1.36. The molecule has 4 aromatic rings. The van der Waals surface area contributed by atoms with E-state index in [1.165, 1.54) is 38.5 Å². The van der Waals surface area contributed by atoms with Gasteiger partial charge in [0.25, 0.3) is 0 Å². The number of fused-ring (bicyclic) bond motifs is 3. The molecule has 71 heavy (non-hydrogen) atoms. The monoisotopic (exact) mass is 970 g/mol. The van der Waals surface area contributed by atoms with E-state index in [-0.39, 0.29) is 43.5 Å². The van der Waals surface area contributed by atoms with Crippen molar-refractivity contribution >= 4 is 22.4 Å². The number of carbonyl (C=O) groups excluding carboxylic acids is 1. The van der Waals surface area contributed by atoms with Crippen LogP contribution in [0.3, 0.4) is 0 Å². The number of ether oxygens (including phenoxy) is 3. The van der Waals surface area contributed by atoms with Gasteiger partial charge in [0.1, 0.15) is 29.7 Å². The van der Waals surface area contributed by atoms with E-state index in [4.69, 9.17) is 29.2 Å². The Bertz CT molecular complexity index is 2400. The summed E-state index contributed by atoms with van der Waals surface area (Å²) in [5.41, 5.74) is 5.08. The lowest BCUT2D eigenvalue weighted by Gasteiger charge is -2.60. The minimum Gasteiger partial charge on any atom is -0.487 e. The molecule has 1 aliphatic heterocycles. The number of allylic oxidation sites excluding steroid dienone is 1. The molecule has 384 valence electrons. The Labute approximate surface area is 424 Å². The number of benzene rings is 3. The van der Waals surface area contributed by atoms with Gasteiger partial charge in [0.15, 0.2) is 0 Å². The van der Waals surface area contributed by atoms with Crippen LogP contribution in [0.2, 0.25) is 0 Å². The maximum Gasteiger partial charge on any atom is 0.239 e. The van der Waals surface area contributed by atoms with E-state index < -0.39 is 23.3 Å². The molecule has 0 spiro atoms. The van der Waals surface area contributed by atoms with Crippen LogP contribution >= 0.6 is 0 Å². The number of amides is 1. The topological polar surface area (TPSA) is 123 Å². The van der Waals surface area contributed by atoms with Crippen LogP contribution in [0.1, 0.15) is 165 Å². The Morgan fingerprint density at radius 1 is 0.887 bits per heavy atom. The Morgan fingerprint density at radius 3 is 2.34 bits per heavy atom. The molecular formula is C61H83N3O7. The van der Waals surface area contributed by atoms with Gasteiger partial charge in [-0.2, -0.15) is 0 Å². The lowest BCUT2D eigenvalue weighted by atomic mass is 9.55. The number of oxime groups is 1. The molecule has 7 rings (SSSR count). The van der Waals surface area contributed by atoms with Crippen LogP contribution in [0, 0.1) is 24.7 Å². The summed E-state index contributed by atoms with van der Waals surface area (Å²) in [4.78, 5) is 28.7. The SMILES string of the molecule is C=CCOC12Oc3ccc(OCc4cccc(C)n4)cc3C3C(CCCCO)C(CCCCO)C=C(C(=NOC(C)(C)C)CC1N(Cc1cccc4ccccc14)C(=O)CCCCCCCCCCC)C32. The molecule has 1 amide bonds. The molecule has 3 aliphatic rings. The van der Waals surface area contributed by atoms with Crippen molar-refractivity contribution in [1.29, 1.82) is 0 Å². The first-order valence-electron chi connectivity index (χ1n) is 27.1. The molecule has 3 aromatic carbocycles. The summed E-state index contributed by atoms with van der Waals surface area (Å²) in [6.45, 7) is 15.5. The zero-order chi connectivity index (χ0) is 50.2. The van der Waals surface area contributed by atoms with Crippen LogP contribution in [-0.2, 0) is 27.5 Å². The number of aliphatic hydroxyl groups excluding tert-OH is 2. The van der Waals surface area contributed by atoms with Crippen molar-refractivity contribution in [3.05, 3.63) is 126 Å². The van der Waals surface area contributed by atoms with Crippen molar-refractivity contribution in [2.24, 2.45) is 22.9 Å². The van der Waals surface area contributed by atoms with Gasteiger partial charge in [-0.05, 0) is 124 Å². The number of hydrogen-bond acceptors (Lipinski definition) is 9. The van der Waals surface area contributed by atoms with Crippen LogP contribution in [0.15, 0.2) is 108 Å². The molecule has 0 saturated heterocycles. The summed E-state index contributed by atoms with van der Waals surface area (Å²) in [7, 11) is 0. The van der Waals surface area contributed by atoms with Gasteiger partial charge in [-0.15, -0.1) is 6.58 Å². The number of rotatable bonds is 28. The fraction of sp³-hybridized carbons (Fsp3) is 0.557. The first-order valence-corrected chi connectivity index (χ1v) is 27.1. The second-order valence-corrected chi connectivity index (χ2v) is 21.3. The van der Waals surface area contributed by atoms with Crippen LogP contribution in [0.5, 0.6) is 11.5 Å². The molecule has 1 aromatic heterocycles. The van der Waals surface area contributed by atoms with Gasteiger partial charge in [0.05, 0.1) is 23.9 Å². The summed E-state index contributed by atoms with van der Waals surface area (Å²) >= 11 is 0. The highest BCUT2D eigenvalue weighted by Gasteiger charge is 2.65. The molecule has 6 atom stereocenters. The molecule has 10 heteroatoms. The van der Waals surface area contributed by atoms with Crippen molar-refractivity contribution in [2.75, 3.05) is 19.8 Å². The highest BCUT2D eigenvalue weighted by Crippen LogP contribution is 2.62. The molecule has 10 nitrogen and oxygen atoms in total. The molecule has 2 aliphatic carbocycles. The maximum atomic E-state index is 15.5. The molecule has 2 N–H and O–H groups in total. The maximum absolute atomic E-state index is 15.5. The number of aryl methyl sites for hydroxylation is 1. The number of hydrogen-bond donors (Lipinski definition) is 2. The molecule has 1 saturated carbocycles. The van der Waals surface area contributed by atoms with Gasteiger partial charge in [0, 0.05) is 49.8 Å². The predicted molar refractivity (Wildman–Crippen MR) is 285 cm³/mol. The smallest absolute Gasteiger partial charge is 0.239 e. The third kappa shape index (κ3) is 13.7. The molecule has 6 unspecified atom stereocenters. The van der Waals surface area contributed by atoms with Crippen molar-refractivity contribution in [1.82, 2.24) is 9.88 Å². The summed E-state index contributed by atoms with van der Waals surface area (Å²) in [5, 5.41) is 27.5. The van der Waals surface area contributed by atoms with E-state index in [0.717, 1.165) is 89.5 Å². The fourth-order valence-corrected chi connectivity index (χ4v) is 11.5. The first-order chi connectivity index (χ1) is 34.5. The molecule has 1 fully saturated rings. The van der Waals surface area contributed by atoms with Gasteiger partial charge in [-0.25, -0.2) is 0 Å². The largest absolute Gasteiger partial charge is 0.487 e. The van der Waals surface area contributed by atoms with Crippen LogP contribution in [0.25, 0.3) is 10.8 Å². The standard InChI is InChI=1S/C61H83N3O7/c1-7-9-10-11-12-13-14-15-16-33-57(67)64(42-47-29-24-28-45-26-17-18-31-50(45)47)56-41-54(63-71-60(4,5)6)52-39-46(27-19-21-36-65)51(32-20-22-37-66)58-53-40-49(68-43-48-30-23-25-44(3)62-48)34-35-55(53)70-61(56,59(52)58)69-38-8-2/h8,17-18,23-26,28-31,34-35,39-40,46,51,56,58-59,65-66H,2,7,9-16,19-22,27,32-33,36-38,41-43H2,1,3-6H3. The number of aromatic nitrogens is 1. The zero-order valence-electron chi connectivity index (χ0n) is 43.6. The Balaban J connectivity index is 1.39. The van der Waals surface area contributed by atoms with E-state index in [1.54, 1.807) is 6.08 Å². The van der Waals surface area contributed by atoms with E-state index in [0.29, 0.717) is 50.3 Å². The molecule has 2 heterocycles. The lowest BCUT2D eigenvalue weighted by molar-refractivity contribution is -0.258. The second-order valence-electron chi connectivity index (χ2n) is 21.3. The number of nitrogens with zero attached hydrogens (tertiary/aromatic N) is 3. The summed E-state index contributed by atoms with van der Waals surface area (Å²) < 4.78 is 21.5. The highest BCUT2D eigenvalue weighted by molar-refractivity contribution is 6.03. The lowest BCUT2D eigenvalue weighted by Crippen LogP contribution is -2.70. The number of pyridine rings is 1. The fourth-order valence-electron chi connectivity index (χ4n) is 11.5. The Morgan fingerprint density at radius 2 is 1.61 bits per heavy atom. The second kappa shape index (κ2) is 26.1. The number of aliphatic hydroxyl groups is 2. The summed E-state index contributed by atoms with van der Waals surface area (Å²) in [6.07, 6.45) is 20.2. The molecular weight excluding hydrogens is 887 g/mol. The molecule has 0 bridgehead atoms. The van der Waals surface area contributed by atoms with E-state index in [2.05, 4.69) is 73.0 Å². The quantitative estimate of drug-likeness (QED) is 0.0328. The third-order valence-corrected chi connectivity index (χ3v) is 14.8. The summed E-state index contributed by atoms with van der Waals surface area (Å²) in [5.74, 6) is -0.287. The minimum absolute atomic E-state index is 0.0626. The van der Waals surface area contributed by atoms with Gasteiger partial charge >= 0.3 is 0 Å². The Hall–Kier alpha value is -5.03. The van der Waals surface area contributed by atoms with E-state index in [1.807, 2.05) is 58.0 Å². The van der Waals surface area contributed by atoms with Crippen molar-refractivity contribution in [3.63, 3.8) is 0 Å². The van der Waals surface area contributed by atoms with Gasteiger partial charge in [-0.3, -0.25) is 9.78 Å². The van der Waals surface area contributed by atoms with Crippen molar-refractivity contribution in [3.8, 4) is 11.5 Å². The third-order valence-electron chi connectivity index (χ3n) is 14.8. The Kier molecular flexibility index (Phi) is 19.7. The van der Waals surface area contributed by atoms with Crippen molar-refractivity contribution in [2.45, 2.75) is 180 Å². The average molecular weight is 970 g/mol. The average Bonchev–Trinajstić information content (AvgIpc) is 3.36. The van der Waals surface area contributed by atoms with Gasteiger partial charge < -0.3 is 34.2 Å². The predicted octanol–water partition coefficient (Wildman–Crippen LogP) is 13.5. The first kappa shape index (κ1) is 53.8. The zero-order valence-corrected chi connectivity index (χ0v) is 43.6. The number of unbranched alkanes of at least 4 members (excludes halogenated alkanes) is 10. The van der Waals surface area contributed by atoms with Crippen molar-refractivity contribution < 1.29 is 34.1 Å². The molecule has 0 radical (unpaired) electrons. The van der Waals surface area contributed by atoms with Crippen LogP contribution in [0.4, 0.5) is 0 Å². The van der Waals surface area contributed by atoms with Gasteiger partial charge in [-0.1, -0.05) is 137 Å². The van der Waals surface area contributed by atoms with Crippen LogP contribution < -0.4 is 9.47 Å². The normalized spacial score (nSPS) is 22.0. The van der Waals surface area contributed by atoms with E-state index >= 15 is 4.79 Å². The summed E-state index contributed by atoms with van der Waals surface area (Å²) in [6, 6.07) is 26.3.